The largest absolute Gasteiger partial charge is 0.398 e. The number of fused-ring (bicyclic) bond motifs is 1. The molecule has 94 valence electrons. The number of anilines is 2. The molecule has 1 aliphatic carbocycles. The topological polar surface area (TPSA) is 50.9 Å². The van der Waals surface area contributed by atoms with E-state index in [4.69, 9.17) is 5.73 Å². The molecule has 0 amide bonds. The molecule has 1 aromatic heterocycles. The van der Waals surface area contributed by atoms with Crippen molar-refractivity contribution in [3.63, 3.8) is 0 Å². The zero-order valence-electron chi connectivity index (χ0n) is 10.7. The number of nitrogen functional groups attached to an aromatic ring is 1. The molecule has 0 saturated heterocycles. The minimum absolute atomic E-state index is 0.578. The zero-order chi connectivity index (χ0) is 12.5. The number of hydrogen-bond acceptors (Lipinski definition) is 3. The third kappa shape index (κ3) is 2.01. The summed E-state index contributed by atoms with van der Waals surface area (Å²) >= 11 is 0. The van der Waals surface area contributed by atoms with E-state index in [9.17, 15) is 0 Å². The average molecular weight is 241 g/mol. The fraction of sp³-hybridized carbons (Fsp3) is 0.400. The van der Waals surface area contributed by atoms with E-state index in [0.29, 0.717) is 6.04 Å². The molecule has 18 heavy (non-hydrogen) atoms. The standard InChI is InChI=1S/C15H19N3/c1-10-4-5-11(9-10)18-14-7-6-13(16)12-3-2-8-17-15(12)14/h2-3,6-8,10-11,18H,4-5,9,16H2,1H3. The Morgan fingerprint density at radius 1 is 1.28 bits per heavy atom. The van der Waals surface area contributed by atoms with Crippen molar-refractivity contribution in [3.8, 4) is 0 Å². The summed E-state index contributed by atoms with van der Waals surface area (Å²) in [4.78, 5) is 4.46. The summed E-state index contributed by atoms with van der Waals surface area (Å²) in [6, 6.07) is 8.55. The number of nitrogens with zero attached hydrogens (tertiary/aromatic N) is 1. The Morgan fingerprint density at radius 3 is 2.94 bits per heavy atom. The van der Waals surface area contributed by atoms with E-state index in [-0.39, 0.29) is 0 Å². The van der Waals surface area contributed by atoms with Gasteiger partial charge in [-0.2, -0.15) is 0 Å². The van der Waals surface area contributed by atoms with Crippen molar-refractivity contribution in [2.75, 3.05) is 11.1 Å². The van der Waals surface area contributed by atoms with Crippen molar-refractivity contribution in [3.05, 3.63) is 30.5 Å². The van der Waals surface area contributed by atoms with Gasteiger partial charge in [0, 0.05) is 23.3 Å². The van der Waals surface area contributed by atoms with Crippen LogP contribution in [-0.2, 0) is 0 Å². The first-order valence-corrected chi connectivity index (χ1v) is 6.64. The maximum Gasteiger partial charge on any atom is 0.0953 e. The molecular weight excluding hydrogens is 222 g/mol. The van der Waals surface area contributed by atoms with Gasteiger partial charge >= 0.3 is 0 Å². The van der Waals surface area contributed by atoms with Crippen LogP contribution in [-0.4, -0.2) is 11.0 Å². The van der Waals surface area contributed by atoms with E-state index in [1.165, 1.54) is 19.3 Å². The molecule has 1 aromatic carbocycles. The van der Waals surface area contributed by atoms with E-state index < -0.39 is 0 Å². The molecule has 1 heterocycles. The van der Waals surface area contributed by atoms with Gasteiger partial charge in [-0.1, -0.05) is 6.92 Å². The van der Waals surface area contributed by atoms with Gasteiger partial charge in [0.2, 0.25) is 0 Å². The molecule has 2 aromatic rings. The molecule has 3 rings (SSSR count). The van der Waals surface area contributed by atoms with Gasteiger partial charge in [-0.25, -0.2) is 0 Å². The highest BCUT2D eigenvalue weighted by Gasteiger charge is 2.21. The highest BCUT2D eigenvalue weighted by atomic mass is 14.9. The van der Waals surface area contributed by atoms with Gasteiger partial charge in [-0.05, 0) is 49.4 Å². The number of hydrogen-bond donors (Lipinski definition) is 2. The van der Waals surface area contributed by atoms with E-state index in [1.54, 1.807) is 0 Å². The van der Waals surface area contributed by atoms with Crippen molar-refractivity contribution < 1.29 is 0 Å². The maximum atomic E-state index is 5.99. The van der Waals surface area contributed by atoms with E-state index in [0.717, 1.165) is 28.2 Å². The van der Waals surface area contributed by atoms with Crippen molar-refractivity contribution in [2.45, 2.75) is 32.2 Å². The SMILES string of the molecule is CC1CCC(Nc2ccc(N)c3cccnc23)C1. The monoisotopic (exact) mass is 241 g/mol. The maximum absolute atomic E-state index is 5.99. The summed E-state index contributed by atoms with van der Waals surface area (Å²) in [5.41, 5.74) is 8.88. The molecule has 3 nitrogen and oxygen atoms in total. The molecule has 0 bridgehead atoms. The second kappa shape index (κ2) is 4.48. The Kier molecular flexibility index (Phi) is 2.82. The minimum atomic E-state index is 0.578. The van der Waals surface area contributed by atoms with Crippen LogP contribution in [0.25, 0.3) is 10.9 Å². The van der Waals surface area contributed by atoms with Crippen LogP contribution in [0.1, 0.15) is 26.2 Å². The molecule has 0 radical (unpaired) electrons. The first-order valence-electron chi connectivity index (χ1n) is 6.64. The molecule has 1 fully saturated rings. The lowest BCUT2D eigenvalue weighted by Crippen LogP contribution is -2.15. The van der Waals surface area contributed by atoms with Gasteiger partial charge in [-0.15, -0.1) is 0 Å². The number of nitrogens with one attached hydrogen (secondary N) is 1. The molecule has 1 saturated carbocycles. The van der Waals surface area contributed by atoms with Crippen LogP contribution < -0.4 is 11.1 Å². The highest BCUT2D eigenvalue weighted by Crippen LogP contribution is 2.31. The van der Waals surface area contributed by atoms with Gasteiger partial charge in [0.05, 0.1) is 11.2 Å². The Hall–Kier alpha value is -1.77. The van der Waals surface area contributed by atoms with Gasteiger partial charge in [0.1, 0.15) is 0 Å². The third-order valence-corrected chi connectivity index (χ3v) is 3.86. The normalized spacial score (nSPS) is 23.4. The summed E-state index contributed by atoms with van der Waals surface area (Å²) in [6.07, 6.45) is 5.64. The van der Waals surface area contributed by atoms with Gasteiger partial charge in [-0.3, -0.25) is 4.98 Å². The average Bonchev–Trinajstić information content (AvgIpc) is 2.79. The fourth-order valence-electron chi connectivity index (χ4n) is 2.87. The van der Waals surface area contributed by atoms with Crippen LogP contribution in [0.15, 0.2) is 30.5 Å². The van der Waals surface area contributed by atoms with E-state index in [1.807, 2.05) is 30.5 Å². The first-order chi connectivity index (χ1) is 8.74. The van der Waals surface area contributed by atoms with Crippen molar-refractivity contribution in [2.24, 2.45) is 5.92 Å². The number of rotatable bonds is 2. The Labute approximate surface area is 107 Å². The summed E-state index contributed by atoms with van der Waals surface area (Å²) in [6.45, 7) is 2.32. The van der Waals surface area contributed by atoms with E-state index >= 15 is 0 Å². The van der Waals surface area contributed by atoms with Crippen LogP contribution in [0.4, 0.5) is 11.4 Å². The van der Waals surface area contributed by atoms with Gasteiger partial charge < -0.3 is 11.1 Å². The van der Waals surface area contributed by atoms with Crippen LogP contribution in [0.3, 0.4) is 0 Å². The van der Waals surface area contributed by atoms with Crippen LogP contribution in [0.5, 0.6) is 0 Å². The molecule has 2 unspecified atom stereocenters. The zero-order valence-corrected chi connectivity index (χ0v) is 10.7. The lowest BCUT2D eigenvalue weighted by molar-refractivity contribution is 0.603. The van der Waals surface area contributed by atoms with Crippen LogP contribution in [0, 0.1) is 5.92 Å². The summed E-state index contributed by atoms with van der Waals surface area (Å²) in [7, 11) is 0. The molecule has 1 aliphatic rings. The van der Waals surface area contributed by atoms with Gasteiger partial charge in [0.25, 0.3) is 0 Å². The van der Waals surface area contributed by atoms with Crippen LogP contribution >= 0.6 is 0 Å². The third-order valence-electron chi connectivity index (χ3n) is 3.86. The second-order valence-corrected chi connectivity index (χ2v) is 5.36. The second-order valence-electron chi connectivity index (χ2n) is 5.36. The van der Waals surface area contributed by atoms with Gasteiger partial charge in [0.15, 0.2) is 0 Å². The lowest BCUT2D eigenvalue weighted by atomic mass is 10.1. The number of nitrogens with two attached hydrogens (primary N) is 1. The molecule has 3 heteroatoms. The predicted octanol–water partition coefficient (Wildman–Crippen LogP) is 3.42. The quantitative estimate of drug-likeness (QED) is 0.792. The van der Waals surface area contributed by atoms with Crippen molar-refractivity contribution in [1.29, 1.82) is 0 Å². The van der Waals surface area contributed by atoms with Crippen LogP contribution in [0.2, 0.25) is 0 Å². The molecule has 0 aliphatic heterocycles. The molecule has 0 spiro atoms. The summed E-state index contributed by atoms with van der Waals surface area (Å²) < 4.78 is 0. The number of aromatic nitrogens is 1. The molecule has 3 N–H and O–H groups in total. The molecule has 2 atom stereocenters. The van der Waals surface area contributed by atoms with Crippen molar-refractivity contribution >= 4 is 22.3 Å². The number of pyridine rings is 1. The smallest absolute Gasteiger partial charge is 0.0953 e. The highest BCUT2D eigenvalue weighted by molar-refractivity contribution is 5.98. The molecular formula is C15H19N3. The Balaban J connectivity index is 1.95. The number of benzene rings is 1. The summed E-state index contributed by atoms with van der Waals surface area (Å²) in [5, 5.41) is 4.66. The Morgan fingerprint density at radius 2 is 2.17 bits per heavy atom. The lowest BCUT2D eigenvalue weighted by Gasteiger charge is -2.16. The van der Waals surface area contributed by atoms with Crippen molar-refractivity contribution in [1.82, 2.24) is 4.98 Å². The Bertz CT molecular complexity index is 565. The predicted molar refractivity (Wildman–Crippen MR) is 76.6 cm³/mol. The van der Waals surface area contributed by atoms with E-state index in [2.05, 4.69) is 17.2 Å². The summed E-state index contributed by atoms with van der Waals surface area (Å²) in [5.74, 6) is 0.829. The minimum Gasteiger partial charge on any atom is -0.398 e. The first kappa shape index (κ1) is 11.3. The fourth-order valence-corrected chi connectivity index (χ4v) is 2.87.